The van der Waals surface area contributed by atoms with Crippen LogP contribution < -0.4 is 0 Å². The molecule has 0 radical (unpaired) electrons. The van der Waals surface area contributed by atoms with Crippen LogP contribution in [0.15, 0.2) is 11.8 Å². The van der Waals surface area contributed by atoms with E-state index in [1.807, 2.05) is 0 Å². The van der Waals surface area contributed by atoms with Crippen LogP contribution in [-0.4, -0.2) is 63.0 Å². The Balaban J connectivity index is 2.61. The summed E-state index contributed by atoms with van der Waals surface area (Å²) in [5.74, 6) is -0.747. The van der Waals surface area contributed by atoms with Crippen molar-refractivity contribution in [3.8, 4) is 0 Å². The second-order valence-corrected chi connectivity index (χ2v) is 9.72. The second-order valence-electron chi connectivity index (χ2n) is 6.54. The van der Waals surface area contributed by atoms with E-state index < -0.39 is 38.7 Å². The lowest BCUT2D eigenvalue weighted by atomic mass is 10.0. The Morgan fingerprint density at radius 3 is 2.33 bits per heavy atom. The quantitative estimate of drug-likeness (QED) is 0.395. The number of halogens is 4. The molecule has 2 amide bonds. The Labute approximate surface area is 179 Å². The fraction of sp³-hybridized carbons (Fsp3) is 0.765. The molecule has 0 fully saturated rings. The van der Waals surface area contributed by atoms with Crippen LogP contribution in [0.4, 0.5) is 0 Å². The van der Waals surface area contributed by atoms with Gasteiger partial charge in [-0.05, 0) is 26.7 Å². The van der Waals surface area contributed by atoms with E-state index in [9.17, 15) is 14.7 Å². The first-order chi connectivity index (χ1) is 12.4. The maximum atomic E-state index is 12.7. The van der Waals surface area contributed by atoms with Gasteiger partial charge < -0.3 is 14.6 Å². The van der Waals surface area contributed by atoms with Crippen molar-refractivity contribution < 1.29 is 24.2 Å². The van der Waals surface area contributed by atoms with Crippen LogP contribution in [0, 0.1) is 0 Å². The second kappa shape index (κ2) is 9.99. The third-order valence-electron chi connectivity index (χ3n) is 4.51. The van der Waals surface area contributed by atoms with Gasteiger partial charge in [-0.3, -0.25) is 14.5 Å². The van der Waals surface area contributed by atoms with Crippen molar-refractivity contribution in [2.24, 2.45) is 0 Å². The molecule has 1 aliphatic rings. The molecule has 1 heterocycles. The number of carbonyl (C=O) groups is 2. The van der Waals surface area contributed by atoms with E-state index in [1.165, 1.54) is 27.2 Å². The summed E-state index contributed by atoms with van der Waals surface area (Å²) in [5.41, 5.74) is 0. The molecule has 0 aromatic rings. The van der Waals surface area contributed by atoms with E-state index in [1.54, 1.807) is 6.92 Å². The molecule has 1 aliphatic heterocycles. The summed E-state index contributed by atoms with van der Waals surface area (Å²) < 4.78 is 7.58. The van der Waals surface area contributed by atoms with E-state index in [2.05, 4.69) is 0 Å². The number of methoxy groups -OCH3 is 2. The smallest absolute Gasteiger partial charge is 0.261 e. The first-order valence-electron chi connectivity index (χ1n) is 8.46. The molecule has 27 heavy (non-hydrogen) atoms. The van der Waals surface area contributed by atoms with Gasteiger partial charge in [0.25, 0.3) is 11.8 Å². The number of nitrogens with zero attached hydrogens (tertiary/aromatic N) is 1. The van der Waals surface area contributed by atoms with Crippen LogP contribution in [0.3, 0.4) is 0 Å². The SMILES string of the molecule is COC1=CC(=O)N(C(=O)[C@H](OC)[C@H](O)CCCCC(Cl)(Cl)C(C)(Cl)Cl)[C@H]1C. The monoisotopic (exact) mass is 463 g/mol. The molecule has 0 saturated heterocycles. The predicted octanol–water partition coefficient (Wildman–Crippen LogP) is 3.58. The summed E-state index contributed by atoms with van der Waals surface area (Å²) in [6, 6.07) is -0.557. The van der Waals surface area contributed by atoms with E-state index in [0.29, 0.717) is 25.0 Å². The molecule has 6 nitrogen and oxygen atoms in total. The van der Waals surface area contributed by atoms with E-state index in [0.717, 1.165) is 4.90 Å². The van der Waals surface area contributed by atoms with Crippen LogP contribution in [-0.2, 0) is 19.1 Å². The highest BCUT2D eigenvalue weighted by Crippen LogP contribution is 2.45. The van der Waals surface area contributed by atoms with Gasteiger partial charge in [0.05, 0.1) is 19.3 Å². The molecule has 0 aliphatic carbocycles. The molecule has 156 valence electrons. The van der Waals surface area contributed by atoms with Crippen LogP contribution in [0.1, 0.15) is 39.5 Å². The number of hydrogen-bond acceptors (Lipinski definition) is 5. The van der Waals surface area contributed by atoms with Crippen molar-refractivity contribution >= 4 is 58.2 Å². The van der Waals surface area contributed by atoms with Crippen LogP contribution in [0.5, 0.6) is 0 Å². The van der Waals surface area contributed by atoms with Gasteiger partial charge in [0, 0.05) is 13.2 Å². The Morgan fingerprint density at radius 1 is 1.30 bits per heavy atom. The zero-order chi connectivity index (χ0) is 21.0. The first kappa shape index (κ1) is 24.8. The standard InChI is InChI=1S/C17H25Cl4NO5/c1-10-12(26-3)9-13(24)22(10)15(25)14(27-4)11(23)7-5-6-8-17(20,21)16(2,18)19/h9-11,14,23H,5-8H2,1-4H3/t10-,11+,14+/m0/s1. The maximum absolute atomic E-state index is 12.7. The lowest BCUT2D eigenvalue weighted by Gasteiger charge is -2.30. The number of unbranched alkanes of at least 4 members (excludes halogenated alkanes) is 1. The Kier molecular flexibility index (Phi) is 9.17. The van der Waals surface area contributed by atoms with Crippen LogP contribution >= 0.6 is 46.4 Å². The van der Waals surface area contributed by atoms with Gasteiger partial charge >= 0.3 is 0 Å². The molecule has 0 unspecified atom stereocenters. The number of carbonyl (C=O) groups excluding carboxylic acids is 2. The fourth-order valence-electron chi connectivity index (χ4n) is 2.79. The van der Waals surface area contributed by atoms with Crippen molar-refractivity contribution in [3.63, 3.8) is 0 Å². The molecule has 0 spiro atoms. The average Bonchev–Trinajstić information content (AvgIpc) is 2.84. The van der Waals surface area contributed by atoms with Crippen molar-refractivity contribution in [2.75, 3.05) is 14.2 Å². The lowest BCUT2D eigenvalue weighted by Crippen LogP contribution is -2.49. The van der Waals surface area contributed by atoms with Gasteiger partial charge in [-0.25, -0.2) is 0 Å². The van der Waals surface area contributed by atoms with E-state index in [4.69, 9.17) is 55.9 Å². The number of ether oxygens (including phenoxy) is 2. The van der Waals surface area contributed by atoms with Crippen LogP contribution in [0.25, 0.3) is 0 Å². The topological polar surface area (TPSA) is 76.1 Å². The highest BCUT2D eigenvalue weighted by molar-refractivity contribution is 6.62. The zero-order valence-corrected chi connectivity index (χ0v) is 18.7. The third kappa shape index (κ3) is 6.12. The Morgan fingerprint density at radius 2 is 1.89 bits per heavy atom. The lowest BCUT2D eigenvalue weighted by molar-refractivity contribution is -0.155. The molecule has 0 aromatic heterocycles. The molecule has 1 rings (SSSR count). The number of hydrogen-bond donors (Lipinski definition) is 1. The van der Waals surface area contributed by atoms with Crippen molar-refractivity contribution in [3.05, 3.63) is 11.8 Å². The van der Waals surface area contributed by atoms with Crippen molar-refractivity contribution in [1.82, 2.24) is 4.90 Å². The summed E-state index contributed by atoms with van der Waals surface area (Å²) in [6.07, 6.45) is 0.550. The van der Waals surface area contributed by atoms with Crippen molar-refractivity contribution in [1.29, 1.82) is 0 Å². The first-order valence-corrected chi connectivity index (χ1v) is 9.97. The molecular weight excluding hydrogens is 440 g/mol. The largest absolute Gasteiger partial charge is 0.499 e. The van der Waals surface area contributed by atoms with Crippen molar-refractivity contribution in [2.45, 2.75) is 66.4 Å². The highest BCUT2D eigenvalue weighted by Gasteiger charge is 2.43. The molecule has 10 heteroatoms. The normalized spacial score (nSPS) is 20.5. The predicted molar refractivity (Wildman–Crippen MR) is 106 cm³/mol. The molecule has 0 aromatic carbocycles. The summed E-state index contributed by atoms with van der Waals surface area (Å²) in [6.45, 7) is 3.16. The number of aliphatic hydroxyl groups excluding tert-OH is 1. The van der Waals surface area contributed by atoms with Gasteiger partial charge in [-0.2, -0.15) is 0 Å². The van der Waals surface area contributed by atoms with Gasteiger partial charge in [-0.15, -0.1) is 0 Å². The number of amides is 2. The Hall–Kier alpha value is -0.240. The minimum absolute atomic E-state index is 0.246. The molecule has 3 atom stereocenters. The zero-order valence-electron chi connectivity index (χ0n) is 15.7. The summed E-state index contributed by atoms with van der Waals surface area (Å²) in [5, 5.41) is 10.4. The van der Waals surface area contributed by atoms with Crippen LogP contribution in [0.2, 0.25) is 0 Å². The molecular formula is C17H25Cl4NO5. The molecule has 1 N–H and O–H groups in total. The maximum Gasteiger partial charge on any atom is 0.261 e. The fourth-order valence-corrected chi connectivity index (χ4v) is 3.25. The van der Waals surface area contributed by atoms with Gasteiger partial charge in [0.15, 0.2) is 10.4 Å². The Bertz CT molecular complexity index is 576. The third-order valence-corrected chi connectivity index (χ3v) is 6.67. The van der Waals surface area contributed by atoms with Gasteiger partial charge in [-0.1, -0.05) is 59.2 Å². The molecule has 0 bridgehead atoms. The summed E-state index contributed by atoms with van der Waals surface area (Å²) in [4.78, 5) is 25.8. The number of alkyl halides is 4. The van der Waals surface area contributed by atoms with Gasteiger partial charge in [0.1, 0.15) is 10.1 Å². The number of aliphatic hydroxyl groups is 1. The van der Waals surface area contributed by atoms with Gasteiger partial charge in [0.2, 0.25) is 0 Å². The minimum atomic E-state index is -1.34. The van der Waals surface area contributed by atoms with E-state index >= 15 is 0 Å². The number of rotatable bonds is 10. The highest BCUT2D eigenvalue weighted by atomic mass is 35.5. The number of imide groups is 1. The molecule has 0 saturated carbocycles. The summed E-state index contributed by atoms with van der Waals surface area (Å²) in [7, 11) is 2.73. The average molecular weight is 465 g/mol. The minimum Gasteiger partial charge on any atom is -0.499 e. The van der Waals surface area contributed by atoms with E-state index in [-0.39, 0.29) is 6.42 Å². The summed E-state index contributed by atoms with van der Waals surface area (Å²) >= 11 is 24.1.